The van der Waals surface area contributed by atoms with E-state index in [0.29, 0.717) is 0 Å². The fourth-order valence-corrected chi connectivity index (χ4v) is 1.97. The van der Waals surface area contributed by atoms with Crippen molar-refractivity contribution in [3.63, 3.8) is 0 Å². The standard InChI is InChI=1S/C7H8N2O4S/c1-2-6(8(10)11)5-3-4-14-7(5)9(12)13/h3-4,6H,2H2,1H3. The SMILES string of the molecule is CCC(c1ccsc1[N+](=O)[O-])[N+](=O)[O-]. The number of nitrogens with zero attached hydrogens (tertiary/aromatic N) is 2. The second-order valence-corrected chi connectivity index (χ2v) is 3.54. The maximum atomic E-state index is 10.6. The van der Waals surface area contributed by atoms with Crippen LogP contribution >= 0.6 is 11.3 Å². The Labute approximate surface area is 83.5 Å². The Morgan fingerprint density at radius 2 is 2.14 bits per heavy atom. The Bertz CT molecular complexity index is 362. The molecule has 0 N–H and O–H groups in total. The number of hydrogen-bond acceptors (Lipinski definition) is 5. The number of thiophene rings is 1. The molecule has 0 aliphatic heterocycles. The zero-order chi connectivity index (χ0) is 10.7. The molecule has 0 saturated carbocycles. The zero-order valence-corrected chi connectivity index (χ0v) is 8.19. The van der Waals surface area contributed by atoms with Crippen LogP contribution in [0.4, 0.5) is 5.00 Å². The van der Waals surface area contributed by atoms with Crippen molar-refractivity contribution >= 4 is 16.3 Å². The molecule has 76 valence electrons. The van der Waals surface area contributed by atoms with Crippen LogP contribution in [0.15, 0.2) is 11.4 Å². The predicted octanol–water partition coefficient (Wildman–Crippen LogP) is 2.38. The van der Waals surface area contributed by atoms with Gasteiger partial charge in [-0.15, -0.1) is 0 Å². The van der Waals surface area contributed by atoms with Gasteiger partial charge in [-0.3, -0.25) is 20.2 Å². The smallest absolute Gasteiger partial charge is 0.264 e. The highest BCUT2D eigenvalue weighted by atomic mass is 32.1. The Balaban J connectivity index is 3.10. The third-order valence-electron chi connectivity index (χ3n) is 1.84. The molecular formula is C7H8N2O4S. The van der Waals surface area contributed by atoms with Crippen molar-refractivity contribution < 1.29 is 9.85 Å². The second-order valence-electron chi connectivity index (χ2n) is 2.65. The van der Waals surface area contributed by atoms with Crippen molar-refractivity contribution in [1.82, 2.24) is 0 Å². The molecule has 0 radical (unpaired) electrons. The summed E-state index contributed by atoms with van der Waals surface area (Å²) < 4.78 is 0. The molecule has 0 aromatic carbocycles. The van der Waals surface area contributed by atoms with Crippen LogP contribution in [0.5, 0.6) is 0 Å². The Morgan fingerprint density at radius 3 is 2.57 bits per heavy atom. The van der Waals surface area contributed by atoms with Gasteiger partial charge in [0.25, 0.3) is 0 Å². The Hall–Kier alpha value is -1.50. The fraction of sp³-hybridized carbons (Fsp3) is 0.429. The van der Waals surface area contributed by atoms with E-state index in [9.17, 15) is 20.2 Å². The molecule has 6 nitrogen and oxygen atoms in total. The van der Waals surface area contributed by atoms with Crippen LogP contribution in [0.1, 0.15) is 24.9 Å². The van der Waals surface area contributed by atoms with Gasteiger partial charge < -0.3 is 0 Å². The maximum absolute atomic E-state index is 10.6. The lowest BCUT2D eigenvalue weighted by Gasteiger charge is -2.03. The predicted molar refractivity (Wildman–Crippen MR) is 51.0 cm³/mol. The minimum Gasteiger partial charge on any atom is -0.264 e. The van der Waals surface area contributed by atoms with Crippen molar-refractivity contribution in [3.05, 3.63) is 37.2 Å². The van der Waals surface area contributed by atoms with Gasteiger partial charge in [-0.2, -0.15) is 0 Å². The van der Waals surface area contributed by atoms with Gasteiger partial charge in [0.1, 0.15) is 5.56 Å². The molecule has 0 aliphatic rings. The van der Waals surface area contributed by atoms with Gasteiger partial charge >= 0.3 is 5.00 Å². The van der Waals surface area contributed by atoms with Crippen LogP contribution in [0.3, 0.4) is 0 Å². The van der Waals surface area contributed by atoms with Crippen LogP contribution in [0.2, 0.25) is 0 Å². The summed E-state index contributed by atoms with van der Waals surface area (Å²) >= 11 is 0.915. The first-order valence-electron chi connectivity index (χ1n) is 3.93. The van der Waals surface area contributed by atoms with Crippen LogP contribution in [-0.4, -0.2) is 9.85 Å². The molecule has 0 spiro atoms. The topological polar surface area (TPSA) is 86.3 Å². The molecule has 1 atom stereocenters. The average molecular weight is 216 g/mol. The third-order valence-corrected chi connectivity index (χ3v) is 2.72. The van der Waals surface area contributed by atoms with Crippen LogP contribution in [-0.2, 0) is 0 Å². The summed E-state index contributed by atoms with van der Waals surface area (Å²) in [4.78, 5) is 20.0. The van der Waals surface area contributed by atoms with Crippen LogP contribution in [0, 0.1) is 20.2 Å². The van der Waals surface area contributed by atoms with E-state index in [1.165, 1.54) is 11.4 Å². The molecule has 0 bridgehead atoms. The normalized spacial score (nSPS) is 12.4. The van der Waals surface area contributed by atoms with E-state index in [1.807, 2.05) is 0 Å². The van der Waals surface area contributed by atoms with Crippen molar-refractivity contribution in [2.75, 3.05) is 0 Å². The molecule has 0 saturated heterocycles. The summed E-state index contributed by atoms with van der Waals surface area (Å²) in [7, 11) is 0. The Morgan fingerprint density at radius 1 is 1.50 bits per heavy atom. The van der Waals surface area contributed by atoms with E-state index in [0.717, 1.165) is 11.3 Å². The third kappa shape index (κ3) is 1.87. The molecule has 7 heteroatoms. The second kappa shape index (κ2) is 4.14. The highest BCUT2D eigenvalue weighted by molar-refractivity contribution is 7.13. The molecule has 14 heavy (non-hydrogen) atoms. The minimum atomic E-state index is -0.971. The van der Waals surface area contributed by atoms with E-state index in [1.54, 1.807) is 6.92 Å². The van der Waals surface area contributed by atoms with Gasteiger partial charge in [-0.25, -0.2) is 0 Å². The first-order valence-corrected chi connectivity index (χ1v) is 4.81. The summed E-state index contributed by atoms with van der Waals surface area (Å²) in [5.41, 5.74) is 0.201. The molecule has 1 heterocycles. The van der Waals surface area contributed by atoms with Crippen molar-refractivity contribution in [2.24, 2.45) is 0 Å². The molecule has 0 amide bonds. The summed E-state index contributed by atoms with van der Waals surface area (Å²) in [6, 6.07) is 0.474. The summed E-state index contributed by atoms with van der Waals surface area (Å²) in [5.74, 6) is 0. The first kappa shape index (κ1) is 10.6. The summed E-state index contributed by atoms with van der Waals surface area (Å²) in [6.45, 7) is 1.63. The molecule has 1 rings (SSSR count). The van der Waals surface area contributed by atoms with Crippen molar-refractivity contribution in [2.45, 2.75) is 19.4 Å². The molecule has 1 unspecified atom stereocenters. The lowest BCUT2D eigenvalue weighted by atomic mass is 10.1. The lowest BCUT2D eigenvalue weighted by Crippen LogP contribution is -2.09. The number of nitro groups is 2. The molecular weight excluding hydrogens is 208 g/mol. The van der Waals surface area contributed by atoms with Gasteiger partial charge in [-0.05, 0) is 11.4 Å². The number of rotatable bonds is 4. The van der Waals surface area contributed by atoms with E-state index in [2.05, 4.69) is 0 Å². The monoisotopic (exact) mass is 216 g/mol. The average Bonchev–Trinajstić information content (AvgIpc) is 2.53. The highest BCUT2D eigenvalue weighted by Crippen LogP contribution is 2.33. The molecule has 1 aromatic heterocycles. The molecule has 0 fully saturated rings. The summed E-state index contributed by atoms with van der Waals surface area (Å²) in [6.07, 6.45) is 0.255. The van der Waals surface area contributed by atoms with Crippen LogP contribution < -0.4 is 0 Å². The van der Waals surface area contributed by atoms with Crippen molar-refractivity contribution in [3.8, 4) is 0 Å². The zero-order valence-electron chi connectivity index (χ0n) is 7.37. The van der Waals surface area contributed by atoms with Gasteiger partial charge in [-0.1, -0.05) is 18.3 Å². The van der Waals surface area contributed by atoms with Gasteiger partial charge in [0.2, 0.25) is 6.04 Å². The molecule has 0 aliphatic carbocycles. The van der Waals surface area contributed by atoms with E-state index in [-0.39, 0.29) is 17.0 Å². The van der Waals surface area contributed by atoms with Gasteiger partial charge in [0.15, 0.2) is 0 Å². The maximum Gasteiger partial charge on any atom is 0.334 e. The first-order chi connectivity index (χ1) is 6.57. The fourth-order valence-electron chi connectivity index (χ4n) is 1.20. The van der Waals surface area contributed by atoms with Gasteiger partial charge in [0, 0.05) is 11.3 Å². The highest BCUT2D eigenvalue weighted by Gasteiger charge is 2.30. The quantitative estimate of drug-likeness (QED) is 0.571. The van der Waals surface area contributed by atoms with E-state index >= 15 is 0 Å². The van der Waals surface area contributed by atoms with E-state index < -0.39 is 15.9 Å². The van der Waals surface area contributed by atoms with E-state index in [4.69, 9.17) is 0 Å². The van der Waals surface area contributed by atoms with Crippen molar-refractivity contribution in [1.29, 1.82) is 0 Å². The minimum absolute atomic E-state index is 0.131. The lowest BCUT2D eigenvalue weighted by molar-refractivity contribution is -0.530. The number of hydrogen-bond donors (Lipinski definition) is 0. The van der Waals surface area contributed by atoms with Gasteiger partial charge in [0.05, 0.1) is 4.92 Å². The largest absolute Gasteiger partial charge is 0.334 e. The molecule has 1 aromatic rings. The van der Waals surface area contributed by atoms with Crippen LogP contribution in [0.25, 0.3) is 0 Å². The Kier molecular flexibility index (Phi) is 3.13. The summed E-state index contributed by atoms with van der Waals surface area (Å²) in [5, 5.41) is 22.5.